The molecule has 5 heteroatoms. The second kappa shape index (κ2) is 4.77. The van der Waals surface area contributed by atoms with Crippen molar-refractivity contribution in [3.8, 4) is 11.5 Å². The molecule has 1 heterocycles. The lowest BCUT2D eigenvalue weighted by Crippen LogP contribution is -2.17. The molecule has 0 spiro atoms. The van der Waals surface area contributed by atoms with Crippen molar-refractivity contribution in [3.05, 3.63) is 29.8 Å². The standard InChI is InChI=1S/C12H11ClO4/c1-7-4-12(15)17-10-5-8(2-3-9(7)10)16-6-11(13)14/h2-5,12,15H,6H2,1H3. The fourth-order valence-corrected chi connectivity index (χ4v) is 1.68. The number of benzene rings is 1. The number of ether oxygens (including phenoxy) is 2. The highest BCUT2D eigenvalue weighted by atomic mass is 35.5. The largest absolute Gasteiger partial charge is 0.484 e. The second-order valence-corrected chi connectivity index (χ2v) is 4.08. The highest BCUT2D eigenvalue weighted by Crippen LogP contribution is 2.34. The summed E-state index contributed by atoms with van der Waals surface area (Å²) in [6.07, 6.45) is 0.665. The molecule has 1 aliphatic heterocycles. The molecule has 0 bridgehead atoms. The van der Waals surface area contributed by atoms with Crippen LogP contribution in [0.4, 0.5) is 0 Å². The van der Waals surface area contributed by atoms with E-state index in [1.807, 2.05) is 6.92 Å². The summed E-state index contributed by atoms with van der Waals surface area (Å²) >= 11 is 5.17. The Hall–Kier alpha value is -1.52. The van der Waals surface area contributed by atoms with E-state index >= 15 is 0 Å². The molecule has 2 rings (SSSR count). The van der Waals surface area contributed by atoms with Crippen molar-refractivity contribution in [1.82, 2.24) is 0 Å². The van der Waals surface area contributed by atoms with Crippen molar-refractivity contribution in [1.29, 1.82) is 0 Å². The zero-order chi connectivity index (χ0) is 12.4. The lowest BCUT2D eigenvalue weighted by molar-refractivity contribution is -0.113. The van der Waals surface area contributed by atoms with Crippen LogP contribution >= 0.6 is 11.6 Å². The minimum Gasteiger partial charge on any atom is -0.484 e. The van der Waals surface area contributed by atoms with Crippen LogP contribution < -0.4 is 9.47 Å². The summed E-state index contributed by atoms with van der Waals surface area (Å²) in [6.45, 7) is 1.69. The van der Waals surface area contributed by atoms with Gasteiger partial charge in [-0.05, 0) is 42.3 Å². The van der Waals surface area contributed by atoms with Crippen LogP contribution in [0, 0.1) is 0 Å². The average Bonchev–Trinajstić information content (AvgIpc) is 2.25. The van der Waals surface area contributed by atoms with Crippen LogP contribution in [0.15, 0.2) is 24.3 Å². The van der Waals surface area contributed by atoms with Gasteiger partial charge >= 0.3 is 0 Å². The number of carbonyl (C=O) groups excluding carboxylic acids is 1. The van der Waals surface area contributed by atoms with E-state index in [0.29, 0.717) is 11.5 Å². The summed E-state index contributed by atoms with van der Waals surface area (Å²) in [7, 11) is 0. The molecule has 0 fully saturated rings. The second-order valence-electron chi connectivity index (χ2n) is 3.66. The summed E-state index contributed by atoms with van der Waals surface area (Å²) in [4.78, 5) is 10.6. The molecule has 1 aromatic carbocycles. The van der Waals surface area contributed by atoms with Crippen LogP contribution in [0.1, 0.15) is 12.5 Å². The molecular formula is C12H11ClO4. The number of hydrogen-bond donors (Lipinski definition) is 1. The Labute approximate surface area is 103 Å². The fourth-order valence-electron chi connectivity index (χ4n) is 1.62. The monoisotopic (exact) mass is 254 g/mol. The summed E-state index contributed by atoms with van der Waals surface area (Å²) in [5.74, 6) is 0.997. The third-order valence-electron chi connectivity index (χ3n) is 2.37. The van der Waals surface area contributed by atoms with Gasteiger partial charge in [0.1, 0.15) is 11.5 Å². The van der Waals surface area contributed by atoms with Gasteiger partial charge in [0.15, 0.2) is 6.61 Å². The first kappa shape index (κ1) is 12.0. The predicted molar refractivity (Wildman–Crippen MR) is 63.1 cm³/mol. The molecular weight excluding hydrogens is 244 g/mol. The molecule has 0 radical (unpaired) electrons. The highest BCUT2D eigenvalue weighted by molar-refractivity contribution is 6.63. The van der Waals surface area contributed by atoms with Crippen LogP contribution in [0.5, 0.6) is 11.5 Å². The maximum absolute atomic E-state index is 10.6. The minimum absolute atomic E-state index is 0.197. The van der Waals surface area contributed by atoms with Gasteiger partial charge in [-0.3, -0.25) is 4.79 Å². The summed E-state index contributed by atoms with van der Waals surface area (Å²) < 4.78 is 10.4. The van der Waals surface area contributed by atoms with Gasteiger partial charge in [-0.2, -0.15) is 0 Å². The summed E-state index contributed by atoms with van der Waals surface area (Å²) in [6, 6.07) is 5.15. The Kier molecular flexibility index (Phi) is 3.36. The van der Waals surface area contributed by atoms with Gasteiger partial charge in [-0.1, -0.05) is 0 Å². The van der Waals surface area contributed by atoms with Gasteiger partial charge in [0.2, 0.25) is 6.29 Å². The Morgan fingerprint density at radius 3 is 3.06 bits per heavy atom. The van der Waals surface area contributed by atoms with Gasteiger partial charge in [-0.25, -0.2) is 0 Å². The summed E-state index contributed by atoms with van der Waals surface area (Å²) in [5, 5.41) is 8.85. The van der Waals surface area contributed by atoms with E-state index in [1.54, 1.807) is 24.3 Å². The molecule has 1 N–H and O–H groups in total. The Balaban J connectivity index is 2.23. The number of halogens is 1. The van der Waals surface area contributed by atoms with Crippen molar-refractivity contribution < 1.29 is 19.4 Å². The molecule has 4 nitrogen and oxygen atoms in total. The van der Waals surface area contributed by atoms with E-state index in [-0.39, 0.29) is 6.61 Å². The maximum atomic E-state index is 10.6. The maximum Gasteiger partial charge on any atom is 0.259 e. The normalized spacial score (nSPS) is 17.8. The number of allylic oxidation sites excluding steroid dienone is 1. The highest BCUT2D eigenvalue weighted by Gasteiger charge is 2.17. The van der Waals surface area contributed by atoms with Crippen LogP contribution in [0.25, 0.3) is 5.57 Å². The van der Waals surface area contributed by atoms with Gasteiger partial charge < -0.3 is 14.6 Å². The number of fused-ring (bicyclic) bond motifs is 1. The van der Waals surface area contributed by atoms with E-state index in [0.717, 1.165) is 11.1 Å². The van der Waals surface area contributed by atoms with E-state index < -0.39 is 11.5 Å². The molecule has 1 unspecified atom stereocenters. The first-order chi connectivity index (χ1) is 8.06. The molecule has 1 aliphatic rings. The number of hydrogen-bond acceptors (Lipinski definition) is 4. The van der Waals surface area contributed by atoms with E-state index in [4.69, 9.17) is 21.1 Å². The fraction of sp³-hybridized carbons (Fsp3) is 0.250. The van der Waals surface area contributed by atoms with Crippen LogP contribution in [-0.2, 0) is 4.79 Å². The van der Waals surface area contributed by atoms with Crippen LogP contribution in [0.3, 0.4) is 0 Å². The van der Waals surface area contributed by atoms with E-state index in [2.05, 4.69) is 0 Å². The number of aliphatic hydroxyl groups is 1. The topological polar surface area (TPSA) is 55.8 Å². The van der Waals surface area contributed by atoms with Gasteiger partial charge in [0, 0.05) is 11.6 Å². The first-order valence-electron chi connectivity index (χ1n) is 5.05. The zero-order valence-corrected chi connectivity index (χ0v) is 9.90. The van der Waals surface area contributed by atoms with Crippen molar-refractivity contribution in [2.75, 3.05) is 6.61 Å². The third kappa shape index (κ3) is 2.78. The minimum atomic E-state index is -0.951. The van der Waals surface area contributed by atoms with Crippen molar-refractivity contribution in [2.45, 2.75) is 13.2 Å². The smallest absolute Gasteiger partial charge is 0.259 e. The molecule has 17 heavy (non-hydrogen) atoms. The van der Waals surface area contributed by atoms with Crippen molar-refractivity contribution >= 4 is 22.4 Å². The molecule has 90 valence electrons. The third-order valence-corrected chi connectivity index (χ3v) is 2.48. The molecule has 1 aromatic rings. The first-order valence-corrected chi connectivity index (χ1v) is 5.43. The predicted octanol–water partition coefficient (Wildman–Crippen LogP) is 1.94. The lowest BCUT2D eigenvalue weighted by Gasteiger charge is -2.21. The van der Waals surface area contributed by atoms with Crippen LogP contribution in [-0.4, -0.2) is 23.2 Å². The summed E-state index contributed by atoms with van der Waals surface area (Å²) in [5.41, 5.74) is 1.82. The Morgan fingerprint density at radius 2 is 2.35 bits per heavy atom. The number of rotatable bonds is 3. The molecule has 0 saturated heterocycles. The van der Waals surface area contributed by atoms with Gasteiger partial charge in [-0.15, -0.1) is 0 Å². The Morgan fingerprint density at radius 1 is 1.59 bits per heavy atom. The molecule has 0 aromatic heterocycles. The SMILES string of the molecule is CC1=CC(O)Oc2cc(OCC(=O)Cl)ccc21. The molecule has 0 saturated carbocycles. The number of aliphatic hydroxyl groups excluding tert-OH is 1. The number of carbonyl (C=O) groups is 1. The zero-order valence-electron chi connectivity index (χ0n) is 9.14. The van der Waals surface area contributed by atoms with E-state index in [1.165, 1.54) is 0 Å². The van der Waals surface area contributed by atoms with Crippen molar-refractivity contribution in [3.63, 3.8) is 0 Å². The molecule has 1 atom stereocenters. The van der Waals surface area contributed by atoms with Crippen LogP contribution in [0.2, 0.25) is 0 Å². The Bertz CT molecular complexity index is 481. The average molecular weight is 255 g/mol. The lowest BCUT2D eigenvalue weighted by atomic mass is 10.0. The molecule has 0 amide bonds. The van der Waals surface area contributed by atoms with E-state index in [9.17, 15) is 9.90 Å². The van der Waals surface area contributed by atoms with Crippen molar-refractivity contribution in [2.24, 2.45) is 0 Å². The van der Waals surface area contributed by atoms with Gasteiger partial charge in [0.05, 0.1) is 0 Å². The quantitative estimate of drug-likeness (QED) is 0.838. The molecule has 0 aliphatic carbocycles. The van der Waals surface area contributed by atoms with Gasteiger partial charge in [0.25, 0.3) is 5.24 Å².